The van der Waals surface area contributed by atoms with Crippen LogP contribution in [0.5, 0.6) is 34.5 Å². The Kier molecular flexibility index (Phi) is 5.30. The van der Waals surface area contributed by atoms with Crippen LogP contribution in [0, 0.1) is 5.92 Å². The molecule has 3 rings (SSSR count). The Hall–Kier alpha value is -2.76. The molecular formula is C20H24O6. The van der Waals surface area contributed by atoms with Crippen molar-refractivity contribution in [1.82, 2.24) is 0 Å². The Morgan fingerprint density at radius 3 is 2.31 bits per heavy atom. The van der Waals surface area contributed by atoms with Gasteiger partial charge in [0.25, 0.3) is 0 Å². The number of benzene rings is 2. The van der Waals surface area contributed by atoms with Crippen molar-refractivity contribution in [3.05, 3.63) is 35.4 Å². The van der Waals surface area contributed by atoms with Crippen LogP contribution >= 0.6 is 0 Å². The molecule has 0 aromatic heterocycles. The lowest BCUT2D eigenvalue weighted by Gasteiger charge is -2.28. The SMILES string of the molecule is COc1ccc(CC2COc3cc(OC)c(OC)c(OC)c3C2)cc1O. The Bertz CT molecular complexity index is 786. The molecule has 0 bridgehead atoms. The lowest BCUT2D eigenvalue weighted by Crippen LogP contribution is -2.23. The molecule has 140 valence electrons. The first-order valence-corrected chi connectivity index (χ1v) is 8.41. The fraction of sp³-hybridized carbons (Fsp3) is 0.400. The number of phenols is 1. The average molecular weight is 360 g/mol. The lowest BCUT2D eigenvalue weighted by molar-refractivity contribution is 0.213. The second-order valence-electron chi connectivity index (χ2n) is 6.21. The molecule has 1 aliphatic heterocycles. The van der Waals surface area contributed by atoms with Crippen LogP contribution in [-0.2, 0) is 12.8 Å². The summed E-state index contributed by atoms with van der Waals surface area (Å²) in [6, 6.07) is 7.31. The molecule has 0 aliphatic carbocycles. The van der Waals surface area contributed by atoms with Crippen LogP contribution in [0.4, 0.5) is 0 Å². The standard InChI is InChI=1S/C20H24O6/c1-22-16-6-5-12(9-15(16)21)7-13-8-14-17(26-11-13)10-18(23-2)20(25-4)19(14)24-3/h5-6,9-10,13,21H,7-8,11H2,1-4H3. The summed E-state index contributed by atoms with van der Waals surface area (Å²) in [6.45, 7) is 0.582. The maximum Gasteiger partial charge on any atom is 0.203 e. The van der Waals surface area contributed by atoms with Gasteiger partial charge >= 0.3 is 0 Å². The van der Waals surface area contributed by atoms with Gasteiger partial charge in [0.15, 0.2) is 23.0 Å². The van der Waals surface area contributed by atoms with Gasteiger partial charge in [-0.25, -0.2) is 0 Å². The van der Waals surface area contributed by atoms with Crippen molar-refractivity contribution in [2.24, 2.45) is 5.92 Å². The number of phenolic OH excluding ortho intramolecular Hbond substituents is 1. The highest BCUT2D eigenvalue weighted by molar-refractivity contribution is 5.62. The van der Waals surface area contributed by atoms with Gasteiger partial charge in [0.2, 0.25) is 5.75 Å². The average Bonchev–Trinajstić information content (AvgIpc) is 2.66. The van der Waals surface area contributed by atoms with E-state index in [1.165, 1.54) is 7.11 Å². The summed E-state index contributed by atoms with van der Waals surface area (Å²) in [7, 11) is 6.33. The molecule has 6 nitrogen and oxygen atoms in total. The Morgan fingerprint density at radius 1 is 0.962 bits per heavy atom. The Labute approximate surface area is 153 Å². The van der Waals surface area contributed by atoms with E-state index in [0.717, 1.165) is 29.7 Å². The van der Waals surface area contributed by atoms with E-state index in [-0.39, 0.29) is 11.7 Å². The molecule has 6 heteroatoms. The molecule has 0 saturated heterocycles. The summed E-state index contributed by atoms with van der Waals surface area (Å²) >= 11 is 0. The molecule has 1 N–H and O–H groups in total. The normalized spacial score (nSPS) is 15.6. The minimum atomic E-state index is 0.145. The van der Waals surface area contributed by atoms with Gasteiger partial charge in [-0.05, 0) is 30.5 Å². The van der Waals surface area contributed by atoms with E-state index in [2.05, 4.69) is 0 Å². The number of hydrogen-bond donors (Lipinski definition) is 1. The number of hydrogen-bond acceptors (Lipinski definition) is 6. The van der Waals surface area contributed by atoms with E-state index in [1.54, 1.807) is 33.5 Å². The minimum Gasteiger partial charge on any atom is -0.504 e. The van der Waals surface area contributed by atoms with E-state index in [0.29, 0.717) is 29.6 Å². The maximum atomic E-state index is 9.98. The summed E-state index contributed by atoms with van der Waals surface area (Å²) in [6.07, 6.45) is 1.56. The number of methoxy groups -OCH3 is 4. The second-order valence-corrected chi connectivity index (χ2v) is 6.21. The maximum absolute atomic E-state index is 9.98. The van der Waals surface area contributed by atoms with Crippen molar-refractivity contribution < 1.29 is 28.8 Å². The fourth-order valence-electron chi connectivity index (χ4n) is 3.40. The Balaban J connectivity index is 1.86. The fourth-order valence-corrected chi connectivity index (χ4v) is 3.40. The molecule has 2 aromatic carbocycles. The molecule has 2 aromatic rings. The summed E-state index contributed by atoms with van der Waals surface area (Å²) in [5.41, 5.74) is 2.00. The van der Waals surface area contributed by atoms with Crippen molar-refractivity contribution in [1.29, 1.82) is 0 Å². The molecule has 1 unspecified atom stereocenters. The topological polar surface area (TPSA) is 66.4 Å². The van der Waals surface area contributed by atoms with Crippen LogP contribution in [0.2, 0.25) is 0 Å². The van der Waals surface area contributed by atoms with E-state index in [9.17, 15) is 5.11 Å². The van der Waals surface area contributed by atoms with Crippen LogP contribution in [0.25, 0.3) is 0 Å². The predicted molar refractivity (Wildman–Crippen MR) is 97.1 cm³/mol. The quantitative estimate of drug-likeness (QED) is 0.853. The highest BCUT2D eigenvalue weighted by Gasteiger charge is 2.28. The van der Waals surface area contributed by atoms with Gasteiger partial charge < -0.3 is 28.8 Å². The molecule has 0 radical (unpaired) electrons. The summed E-state index contributed by atoms with van der Waals surface area (Å²) < 4.78 is 27.5. The zero-order valence-corrected chi connectivity index (χ0v) is 15.5. The molecule has 1 aliphatic rings. The van der Waals surface area contributed by atoms with Gasteiger partial charge in [0.05, 0.1) is 35.0 Å². The van der Waals surface area contributed by atoms with Crippen LogP contribution in [0.1, 0.15) is 11.1 Å². The zero-order valence-electron chi connectivity index (χ0n) is 15.5. The number of ether oxygens (including phenoxy) is 5. The van der Waals surface area contributed by atoms with E-state index in [1.807, 2.05) is 12.1 Å². The first-order chi connectivity index (χ1) is 12.6. The highest BCUT2D eigenvalue weighted by Crippen LogP contribution is 2.47. The van der Waals surface area contributed by atoms with Crippen LogP contribution in [-0.4, -0.2) is 40.2 Å². The zero-order chi connectivity index (χ0) is 18.7. The third-order valence-corrected chi connectivity index (χ3v) is 4.63. The third kappa shape index (κ3) is 3.31. The van der Waals surface area contributed by atoms with Crippen LogP contribution in [0.15, 0.2) is 24.3 Å². The van der Waals surface area contributed by atoms with Crippen molar-refractivity contribution in [2.75, 3.05) is 35.0 Å². The number of rotatable bonds is 6. The first kappa shape index (κ1) is 18.0. The van der Waals surface area contributed by atoms with Gasteiger partial charge in [-0.1, -0.05) is 6.07 Å². The van der Waals surface area contributed by atoms with E-state index < -0.39 is 0 Å². The van der Waals surface area contributed by atoms with Crippen molar-refractivity contribution in [2.45, 2.75) is 12.8 Å². The predicted octanol–water partition coefficient (Wildman–Crippen LogP) is 3.22. The minimum absolute atomic E-state index is 0.145. The van der Waals surface area contributed by atoms with Crippen LogP contribution < -0.4 is 23.7 Å². The lowest BCUT2D eigenvalue weighted by atomic mass is 9.90. The third-order valence-electron chi connectivity index (χ3n) is 4.63. The van der Waals surface area contributed by atoms with E-state index >= 15 is 0 Å². The smallest absolute Gasteiger partial charge is 0.203 e. The molecule has 0 fully saturated rings. The molecule has 0 spiro atoms. The number of aromatic hydroxyl groups is 1. The molecule has 1 heterocycles. The molecule has 0 amide bonds. The summed E-state index contributed by atoms with van der Waals surface area (Å²) in [5, 5.41) is 9.98. The van der Waals surface area contributed by atoms with Gasteiger partial charge in [-0.3, -0.25) is 0 Å². The summed E-state index contributed by atoms with van der Waals surface area (Å²) in [5.74, 6) is 3.42. The van der Waals surface area contributed by atoms with Gasteiger partial charge in [0.1, 0.15) is 5.75 Å². The highest BCUT2D eigenvalue weighted by atomic mass is 16.5. The Morgan fingerprint density at radius 2 is 1.69 bits per heavy atom. The largest absolute Gasteiger partial charge is 0.504 e. The van der Waals surface area contributed by atoms with Crippen molar-refractivity contribution in [3.63, 3.8) is 0 Å². The first-order valence-electron chi connectivity index (χ1n) is 8.41. The summed E-state index contributed by atoms with van der Waals surface area (Å²) in [4.78, 5) is 0. The molecule has 26 heavy (non-hydrogen) atoms. The van der Waals surface area contributed by atoms with Crippen LogP contribution in [0.3, 0.4) is 0 Å². The van der Waals surface area contributed by atoms with Gasteiger partial charge in [0, 0.05) is 17.5 Å². The van der Waals surface area contributed by atoms with Crippen molar-refractivity contribution >= 4 is 0 Å². The second kappa shape index (κ2) is 7.64. The molecular weight excluding hydrogens is 336 g/mol. The monoisotopic (exact) mass is 360 g/mol. The van der Waals surface area contributed by atoms with Gasteiger partial charge in [-0.2, -0.15) is 0 Å². The van der Waals surface area contributed by atoms with Crippen molar-refractivity contribution in [3.8, 4) is 34.5 Å². The molecule has 0 saturated carbocycles. The van der Waals surface area contributed by atoms with E-state index in [4.69, 9.17) is 23.7 Å². The van der Waals surface area contributed by atoms with Gasteiger partial charge in [-0.15, -0.1) is 0 Å². The molecule has 1 atom stereocenters. The number of fused-ring (bicyclic) bond motifs is 1.